The molecule has 2 aromatic heterocycles. The molecule has 0 aliphatic carbocycles. The Balaban J connectivity index is 1.31. The average Bonchev–Trinajstić information content (AvgIpc) is 3.48. The van der Waals surface area contributed by atoms with E-state index in [9.17, 15) is 4.79 Å². The van der Waals surface area contributed by atoms with E-state index in [2.05, 4.69) is 25.8 Å². The van der Waals surface area contributed by atoms with Crippen LogP contribution in [0, 0.1) is 0 Å². The van der Waals surface area contributed by atoms with E-state index in [4.69, 9.17) is 9.47 Å². The maximum absolute atomic E-state index is 12.5. The molecule has 0 spiro atoms. The molecular formula is C23H24N6O3S2. The molecule has 9 nitrogen and oxygen atoms in total. The van der Waals surface area contributed by atoms with Gasteiger partial charge in [0.15, 0.2) is 16.1 Å². The number of thioether (sulfide) groups is 1. The smallest absolute Gasteiger partial charge is 0.234 e. The van der Waals surface area contributed by atoms with Gasteiger partial charge in [-0.2, -0.15) is 0 Å². The Hall–Kier alpha value is -3.57. The summed E-state index contributed by atoms with van der Waals surface area (Å²) in [5.41, 5.74) is 2.59. The van der Waals surface area contributed by atoms with Crippen molar-refractivity contribution >= 4 is 39.8 Å². The SMILES string of the molecule is COc1ccc(NC(=O)CSc2nnc(CNc3nc(-c4ccccc4)cs3)n2C)c(OC)c1. The fourth-order valence-electron chi connectivity index (χ4n) is 3.09. The number of carbonyl (C=O) groups is 1. The summed E-state index contributed by atoms with van der Waals surface area (Å²) in [6.45, 7) is 0.473. The van der Waals surface area contributed by atoms with Gasteiger partial charge in [0.1, 0.15) is 11.5 Å². The highest BCUT2D eigenvalue weighted by Gasteiger charge is 2.14. The molecule has 0 saturated heterocycles. The number of hydrogen-bond donors (Lipinski definition) is 2. The van der Waals surface area contributed by atoms with Crippen molar-refractivity contribution in [3.05, 3.63) is 59.7 Å². The van der Waals surface area contributed by atoms with Crippen LogP contribution in [0.25, 0.3) is 11.3 Å². The molecule has 0 saturated carbocycles. The molecule has 0 radical (unpaired) electrons. The molecule has 1 amide bonds. The average molecular weight is 497 g/mol. The Kier molecular flexibility index (Phi) is 7.65. The second kappa shape index (κ2) is 11.0. The number of methoxy groups -OCH3 is 2. The number of anilines is 2. The maximum atomic E-state index is 12.5. The lowest BCUT2D eigenvalue weighted by Crippen LogP contribution is -2.15. The predicted octanol–water partition coefficient (Wildman–Crippen LogP) is 4.30. The number of benzene rings is 2. The lowest BCUT2D eigenvalue weighted by molar-refractivity contribution is -0.113. The Morgan fingerprint density at radius 2 is 1.94 bits per heavy atom. The molecule has 0 unspecified atom stereocenters. The van der Waals surface area contributed by atoms with E-state index in [-0.39, 0.29) is 11.7 Å². The van der Waals surface area contributed by atoms with Crippen molar-refractivity contribution < 1.29 is 14.3 Å². The third-order valence-electron chi connectivity index (χ3n) is 4.91. The van der Waals surface area contributed by atoms with E-state index >= 15 is 0 Å². The van der Waals surface area contributed by atoms with Gasteiger partial charge in [0.25, 0.3) is 0 Å². The van der Waals surface area contributed by atoms with Gasteiger partial charge in [0, 0.05) is 24.1 Å². The second-order valence-electron chi connectivity index (χ2n) is 7.12. The van der Waals surface area contributed by atoms with Crippen molar-refractivity contribution in [1.82, 2.24) is 19.7 Å². The Morgan fingerprint density at radius 3 is 2.71 bits per heavy atom. The van der Waals surface area contributed by atoms with Crippen LogP contribution in [0.15, 0.2) is 59.1 Å². The van der Waals surface area contributed by atoms with Crippen LogP contribution in [-0.4, -0.2) is 45.6 Å². The minimum atomic E-state index is -0.174. The van der Waals surface area contributed by atoms with Crippen LogP contribution in [0.4, 0.5) is 10.8 Å². The number of ether oxygens (including phenoxy) is 2. The van der Waals surface area contributed by atoms with Gasteiger partial charge in [-0.3, -0.25) is 4.79 Å². The topological polar surface area (TPSA) is 103 Å². The predicted molar refractivity (Wildman–Crippen MR) is 135 cm³/mol. The zero-order chi connectivity index (χ0) is 23.9. The summed E-state index contributed by atoms with van der Waals surface area (Å²) < 4.78 is 12.4. The molecule has 4 aromatic rings. The molecule has 0 aliphatic heterocycles. The van der Waals surface area contributed by atoms with Crippen molar-refractivity contribution in [2.75, 3.05) is 30.6 Å². The van der Waals surface area contributed by atoms with E-state index in [0.29, 0.717) is 28.9 Å². The van der Waals surface area contributed by atoms with Crippen LogP contribution in [0.5, 0.6) is 11.5 Å². The number of amides is 1. The number of nitrogens with one attached hydrogen (secondary N) is 2. The van der Waals surface area contributed by atoms with E-state index in [1.54, 1.807) is 43.8 Å². The summed E-state index contributed by atoms with van der Waals surface area (Å²) in [7, 11) is 5.00. The minimum Gasteiger partial charge on any atom is -0.497 e. The van der Waals surface area contributed by atoms with Crippen LogP contribution < -0.4 is 20.1 Å². The van der Waals surface area contributed by atoms with Crippen LogP contribution in [0.2, 0.25) is 0 Å². The summed E-state index contributed by atoms with van der Waals surface area (Å²) in [6.07, 6.45) is 0. The molecular weight excluding hydrogens is 472 g/mol. The largest absolute Gasteiger partial charge is 0.497 e. The number of hydrogen-bond acceptors (Lipinski definition) is 9. The van der Waals surface area contributed by atoms with Crippen molar-refractivity contribution in [2.24, 2.45) is 7.05 Å². The van der Waals surface area contributed by atoms with E-state index in [0.717, 1.165) is 22.2 Å². The first-order chi connectivity index (χ1) is 16.6. The molecule has 0 aliphatic rings. The highest BCUT2D eigenvalue weighted by Crippen LogP contribution is 2.29. The number of carbonyl (C=O) groups excluding carboxylic acids is 1. The molecule has 0 atom stereocenters. The summed E-state index contributed by atoms with van der Waals surface area (Å²) >= 11 is 2.85. The fourth-order valence-corrected chi connectivity index (χ4v) is 4.54. The Labute approximate surface area is 205 Å². The molecule has 2 heterocycles. The third-order valence-corrected chi connectivity index (χ3v) is 6.73. The lowest BCUT2D eigenvalue weighted by Gasteiger charge is -2.11. The number of rotatable bonds is 10. The molecule has 11 heteroatoms. The quantitative estimate of drug-likeness (QED) is 0.313. The van der Waals surface area contributed by atoms with Crippen molar-refractivity contribution in [1.29, 1.82) is 0 Å². The maximum Gasteiger partial charge on any atom is 0.234 e. The lowest BCUT2D eigenvalue weighted by atomic mass is 10.2. The summed E-state index contributed by atoms with van der Waals surface area (Å²) in [4.78, 5) is 17.1. The van der Waals surface area contributed by atoms with Crippen LogP contribution in [-0.2, 0) is 18.4 Å². The molecule has 176 valence electrons. The molecule has 0 fully saturated rings. The number of thiazole rings is 1. The Morgan fingerprint density at radius 1 is 1.12 bits per heavy atom. The molecule has 2 aromatic carbocycles. The summed E-state index contributed by atoms with van der Waals surface area (Å²) in [6, 6.07) is 15.3. The monoisotopic (exact) mass is 496 g/mol. The first kappa shape index (κ1) is 23.6. The van der Waals surface area contributed by atoms with Gasteiger partial charge in [-0.25, -0.2) is 4.98 Å². The number of aromatic nitrogens is 4. The Bertz CT molecular complexity index is 1260. The standard InChI is InChI=1S/C23H24N6O3S2/c1-29-20(12-24-22-26-18(13-33-22)15-7-5-4-6-8-15)27-28-23(29)34-14-21(30)25-17-10-9-16(31-2)11-19(17)32-3/h4-11,13H,12,14H2,1-3H3,(H,24,26)(H,25,30). The summed E-state index contributed by atoms with van der Waals surface area (Å²) in [5, 5.41) is 18.1. The number of nitrogens with zero attached hydrogens (tertiary/aromatic N) is 4. The van der Waals surface area contributed by atoms with Crippen molar-refractivity contribution in [3.63, 3.8) is 0 Å². The van der Waals surface area contributed by atoms with Gasteiger partial charge >= 0.3 is 0 Å². The van der Waals surface area contributed by atoms with Gasteiger partial charge in [-0.05, 0) is 12.1 Å². The molecule has 34 heavy (non-hydrogen) atoms. The highest BCUT2D eigenvalue weighted by atomic mass is 32.2. The zero-order valence-corrected chi connectivity index (χ0v) is 20.6. The van der Waals surface area contributed by atoms with Gasteiger partial charge < -0.3 is 24.7 Å². The van der Waals surface area contributed by atoms with Crippen molar-refractivity contribution in [3.8, 4) is 22.8 Å². The van der Waals surface area contributed by atoms with Crippen LogP contribution >= 0.6 is 23.1 Å². The van der Waals surface area contributed by atoms with Gasteiger partial charge in [0.05, 0.1) is 37.9 Å². The first-order valence-electron chi connectivity index (χ1n) is 10.3. The molecule has 0 bridgehead atoms. The first-order valence-corrected chi connectivity index (χ1v) is 12.2. The van der Waals surface area contributed by atoms with E-state index < -0.39 is 0 Å². The zero-order valence-electron chi connectivity index (χ0n) is 18.9. The van der Waals surface area contributed by atoms with Crippen LogP contribution in [0.1, 0.15) is 5.82 Å². The van der Waals surface area contributed by atoms with Crippen molar-refractivity contribution in [2.45, 2.75) is 11.7 Å². The van der Waals surface area contributed by atoms with Gasteiger partial charge in [-0.15, -0.1) is 21.5 Å². The van der Waals surface area contributed by atoms with Gasteiger partial charge in [-0.1, -0.05) is 42.1 Å². The minimum absolute atomic E-state index is 0.174. The van der Waals surface area contributed by atoms with Crippen LogP contribution in [0.3, 0.4) is 0 Å². The molecule has 2 N–H and O–H groups in total. The van der Waals surface area contributed by atoms with Gasteiger partial charge in [0.2, 0.25) is 5.91 Å². The second-order valence-corrected chi connectivity index (χ2v) is 8.92. The normalized spacial score (nSPS) is 10.7. The van der Waals surface area contributed by atoms with E-state index in [1.165, 1.54) is 11.8 Å². The summed E-state index contributed by atoms with van der Waals surface area (Å²) in [5.74, 6) is 1.94. The fraction of sp³-hybridized carbons (Fsp3) is 0.217. The van der Waals surface area contributed by atoms with E-state index in [1.807, 2.05) is 47.3 Å². The molecule has 4 rings (SSSR count). The third kappa shape index (κ3) is 5.67. The highest BCUT2D eigenvalue weighted by molar-refractivity contribution is 7.99.